The molecule has 2 unspecified atom stereocenters. The van der Waals surface area contributed by atoms with Crippen LogP contribution >= 0.6 is 11.8 Å². The molecule has 1 aliphatic heterocycles. The van der Waals surface area contributed by atoms with E-state index in [1.54, 1.807) is 0 Å². The van der Waals surface area contributed by atoms with Crippen LogP contribution in [0.1, 0.15) is 27.7 Å². The topological polar surface area (TPSA) is 29.1 Å². The second kappa shape index (κ2) is 3.91. The summed E-state index contributed by atoms with van der Waals surface area (Å²) in [6, 6.07) is 0. The number of thioether (sulfide) groups is 1. The summed E-state index contributed by atoms with van der Waals surface area (Å²) in [4.78, 5) is 11.5. The van der Waals surface area contributed by atoms with Crippen LogP contribution in [0.15, 0.2) is 0 Å². The van der Waals surface area contributed by atoms with Gasteiger partial charge in [0.15, 0.2) is 0 Å². The van der Waals surface area contributed by atoms with Crippen molar-refractivity contribution < 1.29 is 4.79 Å². The second-order valence-corrected chi connectivity index (χ2v) is 5.51. The van der Waals surface area contributed by atoms with Gasteiger partial charge in [-0.3, -0.25) is 4.79 Å². The van der Waals surface area contributed by atoms with Gasteiger partial charge in [-0.05, 0) is 18.6 Å². The molecule has 0 saturated carbocycles. The highest BCUT2D eigenvalue weighted by molar-refractivity contribution is 7.99. The normalized spacial score (nSPS) is 33.8. The first-order valence-electron chi connectivity index (χ1n) is 4.85. The number of amides is 1. The molecule has 0 aromatic rings. The van der Waals surface area contributed by atoms with E-state index in [2.05, 4.69) is 19.2 Å². The zero-order valence-corrected chi connectivity index (χ0v) is 9.70. The Hall–Kier alpha value is -0.180. The van der Waals surface area contributed by atoms with Crippen molar-refractivity contribution in [2.45, 2.75) is 33.2 Å². The van der Waals surface area contributed by atoms with Crippen LogP contribution in [0, 0.1) is 11.8 Å². The molecule has 3 heteroatoms. The van der Waals surface area contributed by atoms with Gasteiger partial charge in [0.2, 0.25) is 5.91 Å². The van der Waals surface area contributed by atoms with Gasteiger partial charge in [-0.15, -0.1) is 0 Å². The highest BCUT2D eigenvalue weighted by Crippen LogP contribution is 2.33. The quantitative estimate of drug-likeness (QED) is 0.739. The van der Waals surface area contributed by atoms with Crippen molar-refractivity contribution in [2.75, 3.05) is 11.5 Å². The zero-order valence-electron chi connectivity index (χ0n) is 8.89. The SMILES string of the molecule is CC(C)C(=O)NC1(C)CSCC1C. The van der Waals surface area contributed by atoms with E-state index in [1.807, 2.05) is 25.6 Å². The van der Waals surface area contributed by atoms with Crippen molar-refractivity contribution in [2.24, 2.45) is 11.8 Å². The van der Waals surface area contributed by atoms with Crippen molar-refractivity contribution >= 4 is 17.7 Å². The fourth-order valence-electron chi connectivity index (χ4n) is 1.36. The van der Waals surface area contributed by atoms with E-state index in [-0.39, 0.29) is 17.4 Å². The monoisotopic (exact) mass is 201 g/mol. The first-order chi connectivity index (χ1) is 5.96. The van der Waals surface area contributed by atoms with Crippen LogP contribution in [0.2, 0.25) is 0 Å². The molecule has 2 nitrogen and oxygen atoms in total. The molecular formula is C10H19NOS. The maximum absolute atomic E-state index is 11.5. The Morgan fingerprint density at radius 2 is 2.23 bits per heavy atom. The summed E-state index contributed by atoms with van der Waals surface area (Å²) < 4.78 is 0. The average molecular weight is 201 g/mol. The lowest BCUT2D eigenvalue weighted by atomic mass is 9.90. The van der Waals surface area contributed by atoms with Crippen molar-refractivity contribution in [1.29, 1.82) is 0 Å². The Morgan fingerprint density at radius 1 is 1.62 bits per heavy atom. The smallest absolute Gasteiger partial charge is 0.223 e. The molecule has 13 heavy (non-hydrogen) atoms. The molecular weight excluding hydrogens is 182 g/mol. The maximum atomic E-state index is 11.5. The molecule has 1 saturated heterocycles. The van der Waals surface area contributed by atoms with Gasteiger partial charge in [-0.25, -0.2) is 0 Å². The van der Waals surface area contributed by atoms with Crippen molar-refractivity contribution in [1.82, 2.24) is 5.32 Å². The predicted octanol–water partition coefficient (Wildman–Crippen LogP) is 1.90. The van der Waals surface area contributed by atoms with E-state index in [4.69, 9.17) is 0 Å². The summed E-state index contributed by atoms with van der Waals surface area (Å²) in [5, 5.41) is 3.14. The van der Waals surface area contributed by atoms with Crippen LogP contribution in [0.5, 0.6) is 0 Å². The Kier molecular flexibility index (Phi) is 3.28. The Labute approximate surface area is 84.9 Å². The summed E-state index contributed by atoms with van der Waals surface area (Å²) in [7, 11) is 0. The Bertz CT molecular complexity index is 205. The number of hydrogen-bond acceptors (Lipinski definition) is 2. The maximum Gasteiger partial charge on any atom is 0.223 e. The van der Waals surface area contributed by atoms with Gasteiger partial charge in [0.25, 0.3) is 0 Å². The highest BCUT2D eigenvalue weighted by Gasteiger charge is 2.37. The molecule has 0 spiro atoms. The second-order valence-electron chi connectivity index (χ2n) is 4.48. The van der Waals surface area contributed by atoms with E-state index < -0.39 is 0 Å². The van der Waals surface area contributed by atoms with Crippen LogP contribution in [0.4, 0.5) is 0 Å². The molecule has 1 rings (SSSR count). The van der Waals surface area contributed by atoms with Crippen LogP contribution in [0.3, 0.4) is 0 Å². The lowest BCUT2D eigenvalue weighted by molar-refractivity contribution is -0.125. The molecule has 1 amide bonds. The summed E-state index contributed by atoms with van der Waals surface area (Å²) in [5.74, 6) is 3.06. The van der Waals surface area contributed by atoms with Crippen LogP contribution in [-0.2, 0) is 4.79 Å². The van der Waals surface area contributed by atoms with Gasteiger partial charge in [0.1, 0.15) is 0 Å². The number of rotatable bonds is 2. The largest absolute Gasteiger partial charge is 0.350 e. The molecule has 1 N–H and O–H groups in total. The van der Waals surface area contributed by atoms with Crippen molar-refractivity contribution in [3.05, 3.63) is 0 Å². The van der Waals surface area contributed by atoms with E-state index in [9.17, 15) is 4.79 Å². The summed E-state index contributed by atoms with van der Waals surface area (Å²) in [6.45, 7) is 8.23. The number of carbonyl (C=O) groups is 1. The third-order valence-corrected chi connectivity index (χ3v) is 4.33. The minimum atomic E-state index is 0.0199. The molecule has 0 bridgehead atoms. The fraction of sp³-hybridized carbons (Fsp3) is 0.900. The molecule has 76 valence electrons. The van der Waals surface area contributed by atoms with Gasteiger partial charge in [-0.2, -0.15) is 11.8 Å². The van der Waals surface area contributed by atoms with Crippen LogP contribution in [-0.4, -0.2) is 23.0 Å². The Balaban J connectivity index is 2.56. The van der Waals surface area contributed by atoms with Crippen molar-refractivity contribution in [3.63, 3.8) is 0 Å². The molecule has 2 atom stereocenters. The van der Waals surface area contributed by atoms with E-state index in [0.717, 1.165) is 11.5 Å². The van der Waals surface area contributed by atoms with E-state index in [0.29, 0.717) is 5.92 Å². The van der Waals surface area contributed by atoms with E-state index in [1.165, 1.54) is 0 Å². The van der Waals surface area contributed by atoms with Crippen LogP contribution < -0.4 is 5.32 Å². The lowest BCUT2D eigenvalue weighted by Gasteiger charge is -2.30. The summed E-state index contributed by atoms with van der Waals surface area (Å²) in [6.07, 6.45) is 0. The van der Waals surface area contributed by atoms with Gasteiger partial charge in [0, 0.05) is 17.2 Å². The highest BCUT2D eigenvalue weighted by atomic mass is 32.2. The minimum Gasteiger partial charge on any atom is -0.350 e. The lowest BCUT2D eigenvalue weighted by Crippen LogP contribution is -2.51. The third kappa shape index (κ3) is 2.39. The molecule has 1 fully saturated rings. The average Bonchev–Trinajstić information content (AvgIpc) is 2.32. The standard InChI is InChI=1S/C10H19NOS/c1-7(2)9(12)11-10(4)6-13-5-8(10)3/h7-8H,5-6H2,1-4H3,(H,11,12). The number of carbonyl (C=O) groups excluding carboxylic acids is 1. The number of nitrogens with one attached hydrogen (secondary N) is 1. The summed E-state index contributed by atoms with van der Waals surface area (Å²) in [5.41, 5.74) is 0.0199. The molecule has 0 aliphatic carbocycles. The zero-order chi connectivity index (χ0) is 10.1. The third-order valence-electron chi connectivity index (χ3n) is 2.79. The van der Waals surface area contributed by atoms with Crippen molar-refractivity contribution in [3.8, 4) is 0 Å². The molecule has 0 aromatic heterocycles. The molecule has 0 aromatic carbocycles. The first-order valence-corrected chi connectivity index (χ1v) is 6.01. The van der Waals surface area contributed by atoms with Gasteiger partial charge in [0.05, 0.1) is 0 Å². The molecule has 1 heterocycles. The van der Waals surface area contributed by atoms with Gasteiger partial charge < -0.3 is 5.32 Å². The Morgan fingerprint density at radius 3 is 2.62 bits per heavy atom. The minimum absolute atomic E-state index is 0.0199. The number of hydrogen-bond donors (Lipinski definition) is 1. The predicted molar refractivity (Wildman–Crippen MR) is 57.9 cm³/mol. The van der Waals surface area contributed by atoms with Crippen LogP contribution in [0.25, 0.3) is 0 Å². The van der Waals surface area contributed by atoms with E-state index >= 15 is 0 Å². The first kappa shape index (κ1) is 10.9. The molecule has 0 radical (unpaired) electrons. The summed E-state index contributed by atoms with van der Waals surface area (Å²) >= 11 is 1.93. The van der Waals surface area contributed by atoms with Gasteiger partial charge >= 0.3 is 0 Å². The molecule has 1 aliphatic rings. The van der Waals surface area contributed by atoms with Gasteiger partial charge in [-0.1, -0.05) is 20.8 Å². The fourth-order valence-corrected chi connectivity index (χ4v) is 2.98.